The largest absolute Gasteiger partial charge is 0.253 e. The Morgan fingerprint density at radius 3 is 2.21 bits per heavy atom. The first-order chi connectivity index (χ1) is 8.71. The number of rotatable bonds is 1. The molecule has 1 heterocycles. The summed E-state index contributed by atoms with van der Waals surface area (Å²) in [6.07, 6.45) is 0. The SMILES string of the molecule is Cc1ccc2c(C)c(C(C)(C)C)cc(C(C)C)c2n1. The molecule has 0 amide bonds. The minimum Gasteiger partial charge on any atom is -0.253 e. The molecule has 0 unspecified atom stereocenters. The van der Waals surface area contributed by atoms with Crippen LogP contribution in [-0.4, -0.2) is 4.98 Å². The van der Waals surface area contributed by atoms with Crippen LogP contribution in [0.3, 0.4) is 0 Å². The Kier molecular flexibility index (Phi) is 3.42. The van der Waals surface area contributed by atoms with Crippen molar-refractivity contribution >= 4 is 10.9 Å². The Labute approximate surface area is 117 Å². The first kappa shape index (κ1) is 14.0. The van der Waals surface area contributed by atoms with Gasteiger partial charge in [-0.25, -0.2) is 0 Å². The van der Waals surface area contributed by atoms with Gasteiger partial charge in [-0.15, -0.1) is 0 Å². The van der Waals surface area contributed by atoms with E-state index in [1.165, 1.54) is 27.6 Å². The van der Waals surface area contributed by atoms with Crippen LogP contribution in [0.25, 0.3) is 10.9 Å². The highest BCUT2D eigenvalue weighted by Gasteiger charge is 2.21. The molecule has 2 aromatic rings. The molecule has 1 aromatic carbocycles. The summed E-state index contributed by atoms with van der Waals surface area (Å²) in [6.45, 7) is 15.6. The molecule has 0 aliphatic rings. The quantitative estimate of drug-likeness (QED) is 0.676. The molecule has 0 saturated heterocycles. The fraction of sp³-hybridized carbons (Fsp3) is 0.500. The van der Waals surface area contributed by atoms with E-state index in [1.54, 1.807) is 0 Å². The van der Waals surface area contributed by atoms with Crippen molar-refractivity contribution in [2.24, 2.45) is 0 Å². The zero-order valence-electron chi connectivity index (χ0n) is 13.3. The van der Waals surface area contributed by atoms with Gasteiger partial charge in [0, 0.05) is 11.1 Å². The first-order valence-corrected chi connectivity index (χ1v) is 7.13. The molecule has 1 aromatic heterocycles. The molecule has 0 atom stereocenters. The molecule has 0 radical (unpaired) electrons. The van der Waals surface area contributed by atoms with Gasteiger partial charge in [-0.3, -0.25) is 4.98 Å². The van der Waals surface area contributed by atoms with E-state index >= 15 is 0 Å². The third-order valence-corrected chi connectivity index (χ3v) is 3.85. The van der Waals surface area contributed by atoms with E-state index in [-0.39, 0.29) is 5.41 Å². The lowest BCUT2D eigenvalue weighted by atomic mass is 9.80. The molecular weight excluding hydrogens is 230 g/mol. The molecule has 0 spiro atoms. The molecule has 0 aliphatic heterocycles. The number of pyridine rings is 1. The van der Waals surface area contributed by atoms with Crippen LogP contribution in [0.1, 0.15) is 62.9 Å². The van der Waals surface area contributed by atoms with Crippen molar-refractivity contribution in [1.82, 2.24) is 4.98 Å². The van der Waals surface area contributed by atoms with Crippen molar-refractivity contribution in [3.63, 3.8) is 0 Å². The fourth-order valence-corrected chi connectivity index (χ4v) is 2.78. The van der Waals surface area contributed by atoms with Crippen molar-refractivity contribution in [1.29, 1.82) is 0 Å². The Balaban J connectivity index is 2.90. The van der Waals surface area contributed by atoms with E-state index in [1.807, 2.05) is 0 Å². The molecule has 0 aliphatic carbocycles. The van der Waals surface area contributed by atoms with Gasteiger partial charge in [0.25, 0.3) is 0 Å². The predicted molar refractivity (Wildman–Crippen MR) is 84.0 cm³/mol. The normalized spacial score (nSPS) is 12.4. The van der Waals surface area contributed by atoms with Gasteiger partial charge in [0.2, 0.25) is 0 Å². The maximum atomic E-state index is 4.78. The average molecular weight is 255 g/mol. The van der Waals surface area contributed by atoms with E-state index in [2.05, 4.69) is 66.7 Å². The van der Waals surface area contributed by atoms with Crippen LogP contribution < -0.4 is 0 Å². The van der Waals surface area contributed by atoms with Crippen molar-refractivity contribution in [3.8, 4) is 0 Å². The van der Waals surface area contributed by atoms with Crippen LogP contribution in [0, 0.1) is 13.8 Å². The zero-order chi connectivity index (χ0) is 14.4. The number of hydrogen-bond donors (Lipinski definition) is 0. The van der Waals surface area contributed by atoms with E-state index in [4.69, 9.17) is 4.98 Å². The van der Waals surface area contributed by atoms with Crippen LogP contribution in [0.15, 0.2) is 18.2 Å². The summed E-state index contributed by atoms with van der Waals surface area (Å²) in [4.78, 5) is 4.78. The number of fused-ring (bicyclic) bond motifs is 1. The monoisotopic (exact) mass is 255 g/mol. The van der Waals surface area contributed by atoms with Gasteiger partial charge in [0.1, 0.15) is 0 Å². The van der Waals surface area contributed by atoms with Crippen molar-refractivity contribution < 1.29 is 0 Å². The highest BCUT2D eigenvalue weighted by molar-refractivity contribution is 5.87. The second-order valence-corrected chi connectivity index (χ2v) is 6.89. The van der Waals surface area contributed by atoms with Gasteiger partial charge in [-0.2, -0.15) is 0 Å². The minimum absolute atomic E-state index is 0.173. The highest BCUT2D eigenvalue weighted by Crippen LogP contribution is 2.35. The summed E-state index contributed by atoms with van der Waals surface area (Å²) < 4.78 is 0. The van der Waals surface area contributed by atoms with Gasteiger partial charge in [0.15, 0.2) is 0 Å². The van der Waals surface area contributed by atoms with Gasteiger partial charge < -0.3 is 0 Å². The lowest BCUT2D eigenvalue weighted by Gasteiger charge is -2.25. The first-order valence-electron chi connectivity index (χ1n) is 7.13. The van der Waals surface area contributed by atoms with Crippen LogP contribution in [-0.2, 0) is 5.41 Å². The van der Waals surface area contributed by atoms with Gasteiger partial charge in [0.05, 0.1) is 5.52 Å². The zero-order valence-corrected chi connectivity index (χ0v) is 13.3. The summed E-state index contributed by atoms with van der Waals surface area (Å²) in [5.41, 5.74) is 6.63. The van der Waals surface area contributed by atoms with Gasteiger partial charge in [-0.1, -0.05) is 46.8 Å². The molecular formula is C18H25N. The third-order valence-electron chi connectivity index (χ3n) is 3.85. The molecule has 0 saturated carbocycles. The summed E-state index contributed by atoms with van der Waals surface area (Å²) in [5, 5.41) is 1.31. The fourth-order valence-electron chi connectivity index (χ4n) is 2.78. The summed E-state index contributed by atoms with van der Waals surface area (Å²) >= 11 is 0. The van der Waals surface area contributed by atoms with Crippen LogP contribution in [0.2, 0.25) is 0 Å². The Morgan fingerprint density at radius 1 is 1.05 bits per heavy atom. The molecule has 0 fully saturated rings. The van der Waals surface area contributed by atoms with Crippen molar-refractivity contribution in [2.75, 3.05) is 0 Å². The second kappa shape index (κ2) is 4.63. The van der Waals surface area contributed by atoms with E-state index in [0.29, 0.717) is 5.92 Å². The van der Waals surface area contributed by atoms with Gasteiger partial charge >= 0.3 is 0 Å². The van der Waals surface area contributed by atoms with Crippen LogP contribution >= 0.6 is 0 Å². The average Bonchev–Trinajstić information content (AvgIpc) is 2.26. The molecule has 19 heavy (non-hydrogen) atoms. The number of nitrogens with zero attached hydrogens (tertiary/aromatic N) is 1. The number of aromatic nitrogens is 1. The number of aryl methyl sites for hydroxylation is 2. The second-order valence-electron chi connectivity index (χ2n) is 6.89. The maximum Gasteiger partial charge on any atom is 0.0742 e. The van der Waals surface area contributed by atoms with Gasteiger partial charge in [-0.05, 0) is 47.9 Å². The Bertz CT molecular complexity index is 616. The molecule has 2 rings (SSSR count). The van der Waals surface area contributed by atoms with E-state index in [0.717, 1.165) is 5.69 Å². The summed E-state index contributed by atoms with van der Waals surface area (Å²) in [6, 6.07) is 6.72. The minimum atomic E-state index is 0.173. The standard InChI is InChI=1S/C18H25N/c1-11(2)15-10-16(18(5,6)7)13(4)14-9-8-12(3)19-17(14)15/h8-11H,1-7H3. The Hall–Kier alpha value is -1.37. The Morgan fingerprint density at radius 2 is 1.68 bits per heavy atom. The van der Waals surface area contributed by atoms with Crippen LogP contribution in [0.4, 0.5) is 0 Å². The molecule has 0 N–H and O–H groups in total. The lowest BCUT2D eigenvalue weighted by molar-refractivity contribution is 0.585. The third kappa shape index (κ3) is 2.51. The molecule has 1 nitrogen and oxygen atoms in total. The topological polar surface area (TPSA) is 12.9 Å². The molecule has 0 bridgehead atoms. The van der Waals surface area contributed by atoms with E-state index in [9.17, 15) is 0 Å². The molecule has 102 valence electrons. The van der Waals surface area contributed by atoms with Crippen molar-refractivity contribution in [2.45, 2.75) is 59.8 Å². The lowest BCUT2D eigenvalue weighted by Crippen LogP contribution is -2.14. The summed E-state index contributed by atoms with van der Waals surface area (Å²) in [7, 11) is 0. The molecule has 1 heteroatoms. The number of benzene rings is 1. The predicted octanol–water partition coefficient (Wildman–Crippen LogP) is 5.27. The van der Waals surface area contributed by atoms with Crippen LogP contribution in [0.5, 0.6) is 0 Å². The van der Waals surface area contributed by atoms with Crippen molar-refractivity contribution in [3.05, 3.63) is 40.6 Å². The smallest absolute Gasteiger partial charge is 0.0742 e. The summed E-state index contributed by atoms with van der Waals surface area (Å²) in [5.74, 6) is 0.499. The maximum absolute atomic E-state index is 4.78. The van der Waals surface area contributed by atoms with E-state index < -0.39 is 0 Å². The number of hydrogen-bond acceptors (Lipinski definition) is 1. The highest BCUT2D eigenvalue weighted by atomic mass is 14.7.